The molecule has 1 aromatic carbocycles. The topological polar surface area (TPSA) is 46.3 Å². The summed E-state index contributed by atoms with van der Waals surface area (Å²) in [5.41, 5.74) is 0.823. The van der Waals surface area contributed by atoms with Crippen LogP contribution in [-0.2, 0) is 11.2 Å². The summed E-state index contributed by atoms with van der Waals surface area (Å²) in [6, 6.07) is 7.48. The van der Waals surface area contributed by atoms with Crippen molar-refractivity contribution < 1.29 is 9.21 Å². The molecular formula is C16H17ClN2O2. The summed E-state index contributed by atoms with van der Waals surface area (Å²) < 4.78 is 5.70. The first-order valence-electron chi connectivity index (χ1n) is 7.21. The molecule has 3 rings (SSSR count). The number of likely N-dealkylation sites (tertiary alicyclic amines) is 1. The zero-order chi connectivity index (χ0) is 14.7. The molecule has 21 heavy (non-hydrogen) atoms. The number of hydrogen-bond acceptors (Lipinski definition) is 3. The third-order valence-corrected chi connectivity index (χ3v) is 4.03. The lowest BCUT2D eigenvalue weighted by Crippen LogP contribution is -2.27. The van der Waals surface area contributed by atoms with Crippen LogP contribution in [0.15, 0.2) is 34.9 Å². The maximum absolute atomic E-state index is 12.0. The molecule has 4 nitrogen and oxygen atoms in total. The van der Waals surface area contributed by atoms with E-state index in [0.29, 0.717) is 29.5 Å². The van der Waals surface area contributed by atoms with Crippen LogP contribution in [0.4, 0.5) is 0 Å². The van der Waals surface area contributed by atoms with E-state index in [-0.39, 0.29) is 5.91 Å². The van der Waals surface area contributed by atoms with Gasteiger partial charge in [-0.2, -0.15) is 0 Å². The van der Waals surface area contributed by atoms with Gasteiger partial charge in [0.15, 0.2) is 11.7 Å². The van der Waals surface area contributed by atoms with Crippen LogP contribution in [0.2, 0.25) is 5.02 Å². The molecule has 0 atom stereocenters. The molecule has 0 N–H and O–H groups in total. The highest BCUT2D eigenvalue weighted by molar-refractivity contribution is 6.33. The van der Waals surface area contributed by atoms with E-state index in [0.717, 1.165) is 31.5 Å². The molecule has 0 unspecified atom stereocenters. The summed E-state index contributed by atoms with van der Waals surface area (Å²) in [5, 5.41) is 0.633. The van der Waals surface area contributed by atoms with E-state index in [1.54, 1.807) is 6.20 Å². The minimum Gasteiger partial charge on any atom is -0.441 e. The summed E-state index contributed by atoms with van der Waals surface area (Å²) in [6.07, 6.45) is 4.86. The van der Waals surface area contributed by atoms with E-state index < -0.39 is 0 Å². The Morgan fingerprint density at radius 2 is 2.05 bits per heavy atom. The van der Waals surface area contributed by atoms with Gasteiger partial charge in [0.25, 0.3) is 0 Å². The number of carbonyl (C=O) groups excluding carboxylic acids is 1. The van der Waals surface area contributed by atoms with Crippen molar-refractivity contribution in [1.29, 1.82) is 0 Å². The van der Waals surface area contributed by atoms with Crippen LogP contribution in [0.25, 0.3) is 11.3 Å². The monoisotopic (exact) mass is 304 g/mol. The highest BCUT2D eigenvalue weighted by Gasteiger charge is 2.18. The van der Waals surface area contributed by atoms with Crippen molar-refractivity contribution in [2.45, 2.75) is 25.7 Å². The second kappa shape index (κ2) is 6.31. The van der Waals surface area contributed by atoms with E-state index in [2.05, 4.69) is 4.98 Å². The fourth-order valence-corrected chi connectivity index (χ4v) is 2.78. The second-order valence-corrected chi connectivity index (χ2v) is 5.59. The van der Waals surface area contributed by atoms with Gasteiger partial charge in [0.1, 0.15) is 0 Å². The molecule has 110 valence electrons. The zero-order valence-corrected chi connectivity index (χ0v) is 12.5. The van der Waals surface area contributed by atoms with E-state index in [1.807, 2.05) is 29.2 Å². The van der Waals surface area contributed by atoms with Gasteiger partial charge in [-0.05, 0) is 25.0 Å². The van der Waals surface area contributed by atoms with Gasteiger partial charge >= 0.3 is 0 Å². The summed E-state index contributed by atoms with van der Waals surface area (Å²) in [4.78, 5) is 18.1. The molecule has 0 spiro atoms. The molecule has 1 fully saturated rings. The Morgan fingerprint density at radius 1 is 1.29 bits per heavy atom. The van der Waals surface area contributed by atoms with E-state index >= 15 is 0 Å². The van der Waals surface area contributed by atoms with E-state index in [4.69, 9.17) is 16.0 Å². The molecule has 1 aliphatic rings. The normalized spacial score (nSPS) is 14.6. The van der Waals surface area contributed by atoms with Crippen molar-refractivity contribution in [3.05, 3.63) is 41.4 Å². The largest absolute Gasteiger partial charge is 0.441 e. The SMILES string of the molecule is O=C(CCc1ncc(-c2ccccc2Cl)o1)N1CCCC1. The van der Waals surface area contributed by atoms with Gasteiger partial charge in [0, 0.05) is 31.5 Å². The van der Waals surface area contributed by atoms with E-state index in [1.165, 1.54) is 0 Å². The Labute approximate surface area is 128 Å². The maximum Gasteiger partial charge on any atom is 0.223 e. The Morgan fingerprint density at radius 3 is 2.81 bits per heavy atom. The summed E-state index contributed by atoms with van der Waals surface area (Å²) in [6.45, 7) is 1.77. The third kappa shape index (κ3) is 3.27. The van der Waals surface area contributed by atoms with Gasteiger partial charge < -0.3 is 9.32 Å². The molecule has 0 radical (unpaired) electrons. The number of benzene rings is 1. The lowest BCUT2D eigenvalue weighted by Gasteiger charge is -2.14. The van der Waals surface area contributed by atoms with Crippen LogP contribution in [0.3, 0.4) is 0 Å². The number of amides is 1. The van der Waals surface area contributed by atoms with Crippen molar-refractivity contribution in [2.24, 2.45) is 0 Å². The summed E-state index contributed by atoms with van der Waals surface area (Å²) in [7, 11) is 0. The number of rotatable bonds is 4. The number of hydrogen-bond donors (Lipinski definition) is 0. The molecule has 0 saturated carbocycles. The number of carbonyl (C=O) groups is 1. The number of oxazole rings is 1. The fourth-order valence-electron chi connectivity index (χ4n) is 2.55. The van der Waals surface area contributed by atoms with Crippen molar-refractivity contribution in [3.8, 4) is 11.3 Å². The highest BCUT2D eigenvalue weighted by atomic mass is 35.5. The standard InChI is InChI=1S/C16H17ClN2O2/c17-13-6-2-1-5-12(13)14-11-18-15(21-14)7-8-16(20)19-9-3-4-10-19/h1-2,5-6,11H,3-4,7-10H2. The van der Waals surface area contributed by atoms with Gasteiger partial charge in [-0.3, -0.25) is 4.79 Å². The molecule has 0 bridgehead atoms. The van der Waals surface area contributed by atoms with Crippen LogP contribution >= 0.6 is 11.6 Å². The molecule has 5 heteroatoms. The smallest absolute Gasteiger partial charge is 0.223 e. The van der Waals surface area contributed by atoms with Crippen molar-refractivity contribution >= 4 is 17.5 Å². The Hall–Kier alpha value is -1.81. The average molecular weight is 305 g/mol. The first-order chi connectivity index (χ1) is 10.2. The first-order valence-corrected chi connectivity index (χ1v) is 7.59. The van der Waals surface area contributed by atoms with Crippen LogP contribution in [0, 0.1) is 0 Å². The second-order valence-electron chi connectivity index (χ2n) is 5.19. The Balaban J connectivity index is 1.63. The number of halogens is 1. The third-order valence-electron chi connectivity index (χ3n) is 3.70. The molecule has 2 heterocycles. The van der Waals surface area contributed by atoms with Gasteiger partial charge in [-0.15, -0.1) is 0 Å². The fraction of sp³-hybridized carbons (Fsp3) is 0.375. The number of nitrogens with zero attached hydrogens (tertiary/aromatic N) is 2. The van der Waals surface area contributed by atoms with Gasteiger partial charge in [-0.1, -0.05) is 23.7 Å². The quantitative estimate of drug-likeness (QED) is 0.868. The lowest BCUT2D eigenvalue weighted by atomic mass is 10.2. The number of aromatic nitrogens is 1. The molecule has 1 amide bonds. The first kappa shape index (κ1) is 14.1. The maximum atomic E-state index is 12.0. The van der Waals surface area contributed by atoms with Gasteiger partial charge in [0.2, 0.25) is 5.91 Å². The van der Waals surface area contributed by atoms with Crippen LogP contribution in [0.1, 0.15) is 25.2 Å². The molecule has 2 aromatic rings. The highest BCUT2D eigenvalue weighted by Crippen LogP contribution is 2.28. The Kier molecular flexibility index (Phi) is 4.25. The molecule has 1 saturated heterocycles. The van der Waals surface area contributed by atoms with Crippen LogP contribution in [-0.4, -0.2) is 28.9 Å². The molecule has 0 aliphatic carbocycles. The lowest BCUT2D eigenvalue weighted by molar-refractivity contribution is -0.130. The van der Waals surface area contributed by atoms with Crippen molar-refractivity contribution in [2.75, 3.05) is 13.1 Å². The van der Waals surface area contributed by atoms with Gasteiger partial charge in [0.05, 0.1) is 11.2 Å². The molecule has 1 aliphatic heterocycles. The molecular weight excluding hydrogens is 288 g/mol. The average Bonchev–Trinajstić information content (AvgIpc) is 3.17. The van der Waals surface area contributed by atoms with Gasteiger partial charge in [-0.25, -0.2) is 4.98 Å². The number of aryl methyl sites for hydroxylation is 1. The zero-order valence-electron chi connectivity index (χ0n) is 11.7. The minimum atomic E-state index is 0.185. The summed E-state index contributed by atoms with van der Waals surface area (Å²) >= 11 is 6.13. The predicted octanol–water partition coefficient (Wildman–Crippen LogP) is 3.55. The molecule has 1 aromatic heterocycles. The van der Waals surface area contributed by atoms with Crippen LogP contribution in [0.5, 0.6) is 0 Å². The minimum absolute atomic E-state index is 0.185. The Bertz CT molecular complexity index is 633. The van der Waals surface area contributed by atoms with Crippen molar-refractivity contribution in [1.82, 2.24) is 9.88 Å². The van der Waals surface area contributed by atoms with E-state index in [9.17, 15) is 4.79 Å². The van der Waals surface area contributed by atoms with Crippen molar-refractivity contribution in [3.63, 3.8) is 0 Å². The predicted molar refractivity (Wildman–Crippen MR) is 81.1 cm³/mol. The van der Waals surface area contributed by atoms with Crippen LogP contribution < -0.4 is 0 Å². The summed E-state index contributed by atoms with van der Waals surface area (Å²) in [5.74, 6) is 1.41.